The van der Waals surface area contributed by atoms with Gasteiger partial charge in [-0.15, -0.1) is 0 Å². The molecular weight excluding hydrogens is 380 g/mol. The van der Waals surface area contributed by atoms with Crippen molar-refractivity contribution in [3.8, 4) is 5.75 Å². The van der Waals surface area contributed by atoms with E-state index in [0.717, 1.165) is 57.2 Å². The standard InChI is InChI=1S/C22H34N6O2/c1-2-17-7-3-4-12-26(17)15-16-28-18-8-5-9-19(30-21(23)29)20(18)25-22(28)27-13-6-10-24-11-14-27/h5,8-9,17,24H,2-4,6-7,10-16H2,1H3,(H2,23,29). The molecule has 3 heterocycles. The maximum absolute atomic E-state index is 11.4. The van der Waals surface area contributed by atoms with Crippen LogP contribution < -0.4 is 20.7 Å². The van der Waals surface area contributed by atoms with E-state index in [0.29, 0.717) is 17.3 Å². The lowest BCUT2D eigenvalue weighted by molar-refractivity contribution is 0.139. The molecule has 2 saturated heterocycles. The highest BCUT2D eigenvalue weighted by atomic mass is 16.5. The molecule has 1 amide bonds. The quantitative estimate of drug-likeness (QED) is 0.755. The zero-order valence-electron chi connectivity index (χ0n) is 18.0. The molecule has 8 heteroatoms. The largest absolute Gasteiger partial charge is 0.410 e. The van der Waals surface area contributed by atoms with Gasteiger partial charge < -0.3 is 25.3 Å². The molecule has 1 unspecified atom stereocenters. The molecule has 1 aromatic heterocycles. The van der Waals surface area contributed by atoms with Crippen LogP contribution in [0.3, 0.4) is 0 Å². The summed E-state index contributed by atoms with van der Waals surface area (Å²) in [4.78, 5) is 21.3. The molecule has 2 fully saturated rings. The Morgan fingerprint density at radius 2 is 2.10 bits per heavy atom. The molecule has 0 spiro atoms. The number of piperidine rings is 1. The number of hydrogen-bond acceptors (Lipinski definition) is 6. The topological polar surface area (TPSA) is 88.7 Å². The third kappa shape index (κ3) is 4.54. The van der Waals surface area contributed by atoms with Crippen LogP contribution in [-0.4, -0.2) is 65.9 Å². The number of carbonyl (C=O) groups excluding carboxylic acids is 1. The fourth-order valence-electron chi connectivity index (χ4n) is 4.85. The minimum Gasteiger partial charge on any atom is -0.408 e. The fraction of sp³-hybridized carbons (Fsp3) is 0.636. The summed E-state index contributed by atoms with van der Waals surface area (Å²) in [7, 11) is 0. The fourth-order valence-corrected chi connectivity index (χ4v) is 4.85. The molecule has 0 bridgehead atoms. The molecule has 1 atom stereocenters. The van der Waals surface area contributed by atoms with Crippen LogP contribution in [0.15, 0.2) is 18.2 Å². The SMILES string of the molecule is CCC1CCCCN1CCn1c(N2CCCNCC2)nc2c(OC(N)=O)cccc21. The maximum Gasteiger partial charge on any atom is 0.410 e. The average molecular weight is 415 g/mol. The molecular formula is C22H34N6O2. The first-order valence-corrected chi connectivity index (χ1v) is 11.3. The number of nitrogens with two attached hydrogens (primary N) is 1. The van der Waals surface area contributed by atoms with E-state index in [1.807, 2.05) is 6.07 Å². The zero-order chi connectivity index (χ0) is 20.9. The first-order chi connectivity index (χ1) is 14.7. The lowest BCUT2D eigenvalue weighted by Crippen LogP contribution is -2.41. The number of primary amides is 1. The van der Waals surface area contributed by atoms with Gasteiger partial charge in [0.05, 0.1) is 5.52 Å². The Hall–Kier alpha value is -2.32. The lowest BCUT2D eigenvalue weighted by Gasteiger charge is -2.35. The number of amides is 1. The van der Waals surface area contributed by atoms with E-state index in [4.69, 9.17) is 15.5 Å². The lowest BCUT2D eigenvalue weighted by atomic mass is 10.0. The van der Waals surface area contributed by atoms with Gasteiger partial charge in [0.25, 0.3) is 0 Å². The number of carbonyl (C=O) groups is 1. The first-order valence-electron chi connectivity index (χ1n) is 11.3. The van der Waals surface area contributed by atoms with E-state index in [9.17, 15) is 4.79 Å². The van der Waals surface area contributed by atoms with Crippen molar-refractivity contribution in [1.82, 2.24) is 19.8 Å². The summed E-state index contributed by atoms with van der Waals surface area (Å²) in [5.74, 6) is 1.39. The number of nitrogens with one attached hydrogen (secondary N) is 1. The van der Waals surface area contributed by atoms with Crippen molar-refractivity contribution in [2.45, 2.75) is 51.6 Å². The van der Waals surface area contributed by atoms with Crippen molar-refractivity contribution in [2.75, 3.05) is 44.2 Å². The normalized spacial score (nSPS) is 21.0. The Morgan fingerprint density at radius 3 is 2.93 bits per heavy atom. The summed E-state index contributed by atoms with van der Waals surface area (Å²) in [6, 6.07) is 6.40. The van der Waals surface area contributed by atoms with E-state index in [1.54, 1.807) is 6.07 Å². The first kappa shape index (κ1) is 20.9. The molecule has 0 saturated carbocycles. The summed E-state index contributed by atoms with van der Waals surface area (Å²) in [6.07, 6.45) is 5.38. The third-order valence-electron chi connectivity index (χ3n) is 6.39. The van der Waals surface area contributed by atoms with Gasteiger partial charge >= 0.3 is 6.09 Å². The molecule has 164 valence electrons. The molecule has 2 aliphatic heterocycles. The van der Waals surface area contributed by atoms with Crippen molar-refractivity contribution >= 4 is 23.1 Å². The van der Waals surface area contributed by atoms with Crippen molar-refractivity contribution in [2.24, 2.45) is 5.73 Å². The summed E-state index contributed by atoms with van der Waals surface area (Å²) >= 11 is 0. The van der Waals surface area contributed by atoms with Gasteiger partial charge in [0.15, 0.2) is 5.75 Å². The van der Waals surface area contributed by atoms with Crippen molar-refractivity contribution in [3.05, 3.63) is 18.2 Å². The number of aromatic nitrogens is 2. The molecule has 3 N–H and O–H groups in total. The third-order valence-corrected chi connectivity index (χ3v) is 6.39. The van der Waals surface area contributed by atoms with Gasteiger partial charge in [0.2, 0.25) is 5.95 Å². The molecule has 0 radical (unpaired) electrons. The number of anilines is 1. The van der Waals surface area contributed by atoms with Crippen LogP contribution in [0, 0.1) is 0 Å². The predicted molar refractivity (Wildman–Crippen MR) is 119 cm³/mol. The molecule has 8 nitrogen and oxygen atoms in total. The highest BCUT2D eigenvalue weighted by Gasteiger charge is 2.24. The van der Waals surface area contributed by atoms with Crippen LogP contribution in [0.1, 0.15) is 39.0 Å². The molecule has 2 aromatic rings. The van der Waals surface area contributed by atoms with Gasteiger partial charge in [-0.3, -0.25) is 4.90 Å². The minimum atomic E-state index is -0.809. The van der Waals surface area contributed by atoms with Gasteiger partial charge in [-0.05, 0) is 50.9 Å². The number of para-hydroxylation sites is 1. The van der Waals surface area contributed by atoms with Crippen molar-refractivity contribution < 1.29 is 9.53 Å². The van der Waals surface area contributed by atoms with E-state index >= 15 is 0 Å². The predicted octanol–water partition coefficient (Wildman–Crippen LogP) is 2.56. The Balaban J connectivity index is 1.67. The Labute approximate surface area is 178 Å². The van der Waals surface area contributed by atoms with Crippen LogP contribution >= 0.6 is 0 Å². The van der Waals surface area contributed by atoms with E-state index in [1.165, 1.54) is 32.2 Å². The minimum absolute atomic E-state index is 0.428. The van der Waals surface area contributed by atoms with Gasteiger partial charge in [0, 0.05) is 38.8 Å². The second-order valence-electron chi connectivity index (χ2n) is 8.29. The van der Waals surface area contributed by atoms with Gasteiger partial charge in [0.1, 0.15) is 5.52 Å². The van der Waals surface area contributed by atoms with Crippen LogP contribution in [0.2, 0.25) is 0 Å². The second-order valence-corrected chi connectivity index (χ2v) is 8.29. The maximum atomic E-state index is 11.4. The molecule has 2 aliphatic rings. The van der Waals surface area contributed by atoms with E-state index in [2.05, 4.69) is 32.7 Å². The van der Waals surface area contributed by atoms with E-state index in [-0.39, 0.29) is 0 Å². The molecule has 30 heavy (non-hydrogen) atoms. The number of imidazole rings is 1. The number of likely N-dealkylation sites (tertiary alicyclic amines) is 1. The summed E-state index contributed by atoms with van der Waals surface area (Å²) in [5, 5.41) is 3.46. The summed E-state index contributed by atoms with van der Waals surface area (Å²) < 4.78 is 7.56. The van der Waals surface area contributed by atoms with Gasteiger partial charge in [-0.1, -0.05) is 19.4 Å². The van der Waals surface area contributed by atoms with Crippen LogP contribution in [0.4, 0.5) is 10.7 Å². The highest BCUT2D eigenvalue weighted by Crippen LogP contribution is 2.30. The smallest absolute Gasteiger partial charge is 0.408 e. The highest BCUT2D eigenvalue weighted by molar-refractivity contribution is 5.87. The summed E-state index contributed by atoms with van der Waals surface area (Å²) in [6.45, 7) is 9.18. The Morgan fingerprint density at radius 1 is 1.20 bits per heavy atom. The zero-order valence-corrected chi connectivity index (χ0v) is 18.0. The van der Waals surface area contributed by atoms with Crippen LogP contribution in [0.5, 0.6) is 5.75 Å². The van der Waals surface area contributed by atoms with Crippen LogP contribution in [-0.2, 0) is 6.54 Å². The second kappa shape index (κ2) is 9.66. The molecule has 1 aromatic carbocycles. The number of benzene rings is 1. The molecule has 0 aliphatic carbocycles. The van der Waals surface area contributed by atoms with Crippen molar-refractivity contribution in [1.29, 1.82) is 0 Å². The number of fused-ring (bicyclic) bond motifs is 1. The Kier molecular flexibility index (Phi) is 6.74. The Bertz CT molecular complexity index is 859. The number of ether oxygens (including phenoxy) is 1. The number of nitrogens with zero attached hydrogens (tertiary/aromatic N) is 4. The van der Waals surface area contributed by atoms with E-state index < -0.39 is 6.09 Å². The van der Waals surface area contributed by atoms with Crippen molar-refractivity contribution in [3.63, 3.8) is 0 Å². The monoisotopic (exact) mass is 414 g/mol. The number of hydrogen-bond donors (Lipinski definition) is 2. The van der Waals surface area contributed by atoms with Gasteiger partial charge in [-0.2, -0.15) is 0 Å². The molecule has 4 rings (SSSR count). The summed E-state index contributed by atoms with van der Waals surface area (Å²) in [5.41, 5.74) is 6.98. The average Bonchev–Trinajstić information content (AvgIpc) is 2.92. The van der Waals surface area contributed by atoms with Crippen LogP contribution in [0.25, 0.3) is 11.0 Å². The number of rotatable bonds is 6. The van der Waals surface area contributed by atoms with Gasteiger partial charge in [-0.25, -0.2) is 9.78 Å².